The summed E-state index contributed by atoms with van der Waals surface area (Å²) in [7, 11) is 3.41. The molecular formula is C14H16N2O2S. The maximum atomic E-state index is 12.1. The summed E-state index contributed by atoms with van der Waals surface area (Å²) >= 11 is 1.49. The fourth-order valence-corrected chi connectivity index (χ4v) is 2.32. The molecule has 5 heteroatoms. The van der Waals surface area contributed by atoms with Gasteiger partial charge in [-0.2, -0.15) is 0 Å². The first-order valence-electron chi connectivity index (χ1n) is 5.90. The van der Waals surface area contributed by atoms with Gasteiger partial charge in [0.2, 0.25) is 0 Å². The smallest absolute Gasteiger partial charge is 0.273 e. The van der Waals surface area contributed by atoms with Crippen LogP contribution in [0.4, 0.5) is 0 Å². The number of aryl methyl sites for hydroxylation is 1. The van der Waals surface area contributed by atoms with Gasteiger partial charge in [0, 0.05) is 19.0 Å². The molecule has 1 amide bonds. The van der Waals surface area contributed by atoms with Crippen molar-refractivity contribution in [1.29, 1.82) is 0 Å². The number of rotatable bonds is 4. The molecule has 4 nitrogen and oxygen atoms in total. The Morgan fingerprint density at radius 1 is 1.37 bits per heavy atom. The average molecular weight is 276 g/mol. The van der Waals surface area contributed by atoms with Gasteiger partial charge < -0.3 is 9.64 Å². The lowest BCUT2D eigenvalue weighted by Crippen LogP contribution is -2.26. The van der Waals surface area contributed by atoms with Gasteiger partial charge in [0.1, 0.15) is 11.4 Å². The Morgan fingerprint density at radius 3 is 2.58 bits per heavy atom. The molecule has 0 atom stereocenters. The summed E-state index contributed by atoms with van der Waals surface area (Å²) in [6, 6.07) is 7.69. The molecule has 1 aromatic carbocycles. The first-order chi connectivity index (χ1) is 9.10. The molecule has 100 valence electrons. The third-order valence-electron chi connectivity index (χ3n) is 2.76. The maximum Gasteiger partial charge on any atom is 0.273 e. The third kappa shape index (κ3) is 3.32. The number of methoxy groups -OCH3 is 1. The van der Waals surface area contributed by atoms with Crippen LogP contribution in [0.3, 0.4) is 0 Å². The highest BCUT2D eigenvalue weighted by Crippen LogP contribution is 2.14. The van der Waals surface area contributed by atoms with E-state index in [4.69, 9.17) is 4.74 Å². The Labute approximate surface area is 116 Å². The molecule has 0 N–H and O–H groups in total. The van der Waals surface area contributed by atoms with Crippen molar-refractivity contribution in [3.05, 3.63) is 45.9 Å². The number of nitrogens with zero attached hydrogens (tertiary/aromatic N) is 2. The monoisotopic (exact) mass is 276 g/mol. The van der Waals surface area contributed by atoms with Crippen LogP contribution < -0.4 is 4.74 Å². The Hall–Kier alpha value is -1.88. The summed E-state index contributed by atoms with van der Waals surface area (Å²) in [6.07, 6.45) is 0. The van der Waals surface area contributed by atoms with Crippen molar-refractivity contribution in [2.24, 2.45) is 0 Å². The number of hydrogen-bond donors (Lipinski definition) is 0. The molecule has 0 unspecified atom stereocenters. The Kier molecular flexibility index (Phi) is 4.16. The highest BCUT2D eigenvalue weighted by Gasteiger charge is 2.14. The van der Waals surface area contributed by atoms with E-state index in [1.54, 1.807) is 24.4 Å². The molecule has 0 aliphatic rings. The standard InChI is InChI=1S/C14H16N2O2S/c1-10-15-13(9-19-10)14(17)16(2)8-11-4-6-12(18-3)7-5-11/h4-7,9H,8H2,1-3H3. The van der Waals surface area contributed by atoms with E-state index in [0.29, 0.717) is 12.2 Å². The lowest BCUT2D eigenvalue weighted by atomic mass is 10.2. The summed E-state index contributed by atoms with van der Waals surface area (Å²) in [5, 5.41) is 2.70. The van der Waals surface area contributed by atoms with Crippen molar-refractivity contribution in [2.75, 3.05) is 14.2 Å². The highest BCUT2D eigenvalue weighted by atomic mass is 32.1. The normalized spacial score (nSPS) is 10.3. The number of carbonyl (C=O) groups is 1. The zero-order valence-corrected chi connectivity index (χ0v) is 12.0. The van der Waals surface area contributed by atoms with E-state index in [9.17, 15) is 4.79 Å². The van der Waals surface area contributed by atoms with Crippen LogP contribution in [0.5, 0.6) is 5.75 Å². The number of amides is 1. The molecular weight excluding hydrogens is 260 g/mol. The van der Waals surface area contributed by atoms with E-state index in [0.717, 1.165) is 16.3 Å². The molecule has 0 spiro atoms. The number of ether oxygens (including phenoxy) is 1. The van der Waals surface area contributed by atoms with Gasteiger partial charge in [0.15, 0.2) is 0 Å². The zero-order chi connectivity index (χ0) is 13.8. The second-order valence-corrected chi connectivity index (χ2v) is 5.32. The molecule has 19 heavy (non-hydrogen) atoms. The van der Waals surface area contributed by atoms with Crippen LogP contribution in [0.25, 0.3) is 0 Å². The van der Waals surface area contributed by atoms with Crippen LogP contribution in [-0.2, 0) is 6.54 Å². The van der Waals surface area contributed by atoms with Gasteiger partial charge in [-0.05, 0) is 24.6 Å². The maximum absolute atomic E-state index is 12.1. The number of thiazole rings is 1. The summed E-state index contributed by atoms with van der Waals surface area (Å²) in [4.78, 5) is 18.0. The molecule has 0 fully saturated rings. The fourth-order valence-electron chi connectivity index (χ4n) is 1.73. The SMILES string of the molecule is COc1ccc(CN(C)C(=O)c2csc(C)n2)cc1. The number of carbonyl (C=O) groups excluding carboxylic acids is 1. The molecule has 0 aliphatic carbocycles. The molecule has 2 rings (SSSR count). The zero-order valence-electron chi connectivity index (χ0n) is 11.2. The summed E-state index contributed by atoms with van der Waals surface area (Å²) in [5.41, 5.74) is 1.57. The van der Waals surface area contributed by atoms with Gasteiger partial charge in [-0.15, -0.1) is 11.3 Å². The van der Waals surface area contributed by atoms with Gasteiger partial charge in [-0.1, -0.05) is 12.1 Å². The van der Waals surface area contributed by atoms with Crippen LogP contribution >= 0.6 is 11.3 Å². The van der Waals surface area contributed by atoms with E-state index in [2.05, 4.69) is 4.98 Å². The molecule has 0 radical (unpaired) electrons. The minimum absolute atomic E-state index is 0.0554. The van der Waals surface area contributed by atoms with E-state index in [1.165, 1.54) is 11.3 Å². The molecule has 0 aliphatic heterocycles. The predicted molar refractivity (Wildman–Crippen MR) is 75.6 cm³/mol. The Balaban J connectivity index is 2.03. The van der Waals surface area contributed by atoms with Crippen LogP contribution in [-0.4, -0.2) is 29.9 Å². The second-order valence-electron chi connectivity index (χ2n) is 4.26. The van der Waals surface area contributed by atoms with Crippen LogP contribution in [0.1, 0.15) is 21.1 Å². The van der Waals surface area contributed by atoms with Crippen LogP contribution in [0, 0.1) is 6.92 Å². The largest absolute Gasteiger partial charge is 0.497 e. The minimum Gasteiger partial charge on any atom is -0.497 e. The number of aromatic nitrogens is 1. The van der Waals surface area contributed by atoms with Crippen molar-refractivity contribution in [2.45, 2.75) is 13.5 Å². The van der Waals surface area contributed by atoms with E-state index < -0.39 is 0 Å². The van der Waals surface area contributed by atoms with Crippen LogP contribution in [0.2, 0.25) is 0 Å². The van der Waals surface area contributed by atoms with E-state index in [-0.39, 0.29) is 5.91 Å². The average Bonchev–Trinajstić information content (AvgIpc) is 2.85. The van der Waals surface area contributed by atoms with Gasteiger partial charge in [0.25, 0.3) is 5.91 Å². The topological polar surface area (TPSA) is 42.4 Å². The first kappa shape index (κ1) is 13.5. The quantitative estimate of drug-likeness (QED) is 0.862. The molecule has 0 saturated carbocycles. The lowest BCUT2D eigenvalue weighted by Gasteiger charge is -2.16. The third-order valence-corrected chi connectivity index (χ3v) is 3.54. The minimum atomic E-state index is -0.0554. The fraction of sp³-hybridized carbons (Fsp3) is 0.286. The Morgan fingerprint density at radius 2 is 2.05 bits per heavy atom. The second kappa shape index (κ2) is 5.84. The van der Waals surface area contributed by atoms with Gasteiger partial charge in [-0.25, -0.2) is 4.98 Å². The van der Waals surface area contributed by atoms with Crippen molar-refractivity contribution in [3.63, 3.8) is 0 Å². The number of hydrogen-bond acceptors (Lipinski definition) is 4. The first-order valence-corrected chi connectivity index (χ1v) is 6.78. The molecule has 1 heterocycles. The Bertz CT molecular complexity index is 563. The van der Waals surface area contributed by atoms with Crippen LogP contribution in [0.15, 0.2) is 29.6 Å². The number of benzene rings is 1. The highest BCUT2D eigenvalue weighted by molar-refractivity contribution is 7.09. The van der Waals surface area contributed by atoms with Crippen molar-refractivity contribution >= 4 is 17.2 Å². The van der Waals surface area contributed by atoms with Crippen molar-refractivity contribution < 1.29 is 9.53 Å². The summed E-state index contributed by atoms with van der Waals surface area (Å²) in [5.74, 6) is 0.757. The van der Waals surface area contributed by atoms with Gasteiger partial charge in [0.05, 0.1) is 12.1 Å². The van der Waals surface area contributed by atoms with E-state index in [1.807, 2.05) is 31.2 Å². The summed E-state index contributed by atoms with van der Waals surface area (Å²) in [6.45, 7) is 2.45. The molecule has 1 aromatic heterocycles. The van der Waals surface area contributed by atoms with Crippen molar-refractivity contribution in [1.82, 2.24) is 9.88 Å². The lowest BCUT2D eigenvalue weighted by molar-refractivity contribution is 0.0780. The summed E-state index contributed by atoms with van der Waals surface area (Å²) < 4.78 is 5.10. The van der Waals surface area contributed by atoms with E-state index >= 15 is 0 Å². The van der Waals surface area contributed by atoms with Crippen molar-refractivity contribution in [3.8, 4) is 5.75 Å². The molecule has 2 aromatic rings. The van der Waals surface area contributed by atoms with Gasteiger partial charge >= 0.3 is 0 Å². The predicted octanol–water partition coefficient (Wildman–Crippen LogP) is 2.73. The van der Waals surface area contributed by atoms with Gasteiger partial charge in [-0.3, -0.25) is 4.79 Å². The molecule has 0 saturated heterocycles. The molecule has 0 bridgehead atoms.